The first kappa shape index (κ1) is 14.3. The van der Waals surface area contributed by atoms with Gasteiger partial charge >= 0.3 is 0 Å². The Morgan fingerprint density at radius 2 is 1.52 bits per heavy atom. The number of hydrogen-bond acceptors (Lipinski definition) is 3. The highest BCUT2D eigenvalue weighted by Gasteiger charge is 2.11. The zero-order valence-electron chi connectivity index (χ0n) is 10.4. The molecule has 0 radical (unpaired) electrons. The Balaban J connectivity index is 2.09. The summed E-state index contributed by atoms with van der Waals surface area (Å²) >= 11 is 17.6. The molecule has 1 aromatic heterocycles. The van der Waals surface area contributed by atoms with E-state index in [1.807, 2.05) is 24.3 Å². The molecule has 0 amide bonds. The molecule has 106 valence electrons. The molecule has 0 spiro atoms. The average Bonchev–Trinajstić information content (AvgIpc) is 2.48. The van der Waals surface area contributed by atoms with Gasteiger partial charge in [-0.3, -0.25) is 0 Å². The smallest absolute Gasteiger partial charge is 0.161 e. The van der Waals surface area contributed by atoms with E-state index in [-0.39, 0.29) is 10.0 Å². The Bertz CT molecular complexity index is 816. The van der Waals surface area contributed by atoms with Crippen molar-refractivity contribution >= 4 is 57.1 Å². The van der Waals surface area contributed by atoms with E-state index in [1.165, 1.54) is 12.1 Å². The Morgan fingerprint density at radius 3 is 2.19 bits per heavy atom. The third kappa shape index (κ3) is 2.75. The molecule has 0 aliphatic rings. The van der Waals surface area contributed by atoms with Crippen LogP contribution in [-0.2, 0) is 0 Å². The van der Waals surface area contributed by atoms with Crippen molar-refractivity contribution < 1.29 is 4.39 Å². The average molecular weight is 343 g/mol. The molecule has 0 unspecified atom stereocenters. The first-order chi connectivity index (χ1) is 10.1. The highest BCUT2D eigenvalue weighted by Crippen LogP contribution is 2.31. The van der Waals surface area contributed by atoms with E-state index in [0.717, 1.165) is 10.8 Å². The van der Waals surface area contributed by atoms with Crippen LogP contribution in [0.25, 0.3) is 10.8 Å². The minimum atomic E-state index is -0.657. The predicted octanol–water partition coefficient (Wildman–Crippen LogP) is 5.47. The van der Waals surface area contributed by atoms with Gasteiger partial charge in [-0.25, -0.2) is 4.39 Å². The van der Waals surface area contributed by atoms with Crippen LogP contribution in [0.5, 0.6) is 0 Å². The summed E-state index contributed by atoms with van der Waals surface area (Å²) < 4.78 is 13.4. The van der Waals surface area contributed by atoms with Crippen LogP contribution in [0.1, 0.15) is 0 Å². The third-order valence-electron chi connectivity index (χ3n) is 2.89. The maximum absolute atomic E-state index is 13.4. The second-order valence-corrected chi connectivity index (χ2v) is 5.44. The fourth-order valence-electron chi connectivity index (χ4n) is 1.93. The van der Waals surface area contributed by atoms with Crippen LogP contribution in [0.2, 0.25) is 15.2 Å². The highest BCUT2D eigenvalue weighted by molar-refractivity contribution is 6.35. The van der Waals surface area contributed by atoms with Gasteiger partial charge < -0.3 is 5.32 Å². The first-order valence-electron chi connectivity index (χ1n) is 5.89. The lowest BCUT2D eigenvalue weighted by molar-refractivity contribution is 0.629. The van der Waals surface area contributed by atoms with Gasteiger partial charge in [0.2, 0.25) is 0 Å². The SMILES string of the molecule is Fc1c(Cl)cc(Nc2nnc(Cl)c3ccccc23)cc1Cl. The predicted molar refractivity (Wildman–Crippen MR) is 84.3 cm³/mol. The number of nitrogens with one attached hydrogen (secondary N) is 1. The minimum absolute atomic E-state index is 0.0729. The lowest BCUT2D eigenvalue weighted by Crippen LogP contribution is -1.98. The van der Waals surface area contributed by atoms with E-state index in [4.69, 9.17) is 34.8 Å². The third-order valence-corrected chi connectivity index (χ3v) is 3.72. The van der Waals surface area contributed by atoms with E-state index >= 15 is 0 Å². The normalized spacial score (nSPS) is 10.9. The van der Waals surface area contributed by atoms with E-state index in [0.29, 0.717) is 16.7 Å². The maximum atomic E-state index is 13.4. The van der Waals surface area contributed by atoms with Crippen LogP contribution >= 0.6 is 34.8 Å². The second kappa shape index (κ2) is 5.64. The van der Waals surface area contributed by atoms with E-state index in [2.05, 4.69) is 15.5 Å². The first-order valence-corrected chi connectivity index (χ1v) is 7.02. The molecule has 0 aliphatic heterocycles. The summed E-state index contributed by atoms with van der Waals surface area (Å²) in [4.78, 5) is 0. The molecule has 0 aliphatic carbocycles. The van der Waals surface area contributed by atoms with E-state index < -0.39 is 5.82 Å². The molecule has 0 saturated carbocycles. The summed E-state index contributed by atoms with van der Waals surface area (Å²) in [5.74, 6) is -0.176. The summed E-state index contributed by atoms with van der Waals surface area (Å²) in [6.07, 6.45) is 0. The summed E-state index contributed by atoms with van der Waals surface area (Å²) in [5.41, 5.74) is 0.508. The van der Waals surface area contributed by atoms with Crippen LogP contribution in [0.4, 0.5) is 15.9 Å². The van der Waals surface area contributed by atoms with Gasteiger partial charge in [-0.1, -0.05) is 59.1 Å². The molecule has 0 fully saturated rings. The molecule has 2 aromatic carbocycles. The summed E-state index contributed by atoms with van der Waals surface area (Å²) in [5, 5.41) is 12.6. The van der Waals surface area contributed by atoms with Gasteiger partial charge in [0.05, 0.1) is 10.0 Å². The lowest BCUT2D eigenvalue weighted by atomic mass is 10.2. The number of aromatic nitrogens is 2. The van der Waals surface area contributed by atoms with Gasteiger partial charge in [0, 0.05) is 16.5 Å². The van der Waals surface area contributed by atoms with Crippen molar-refractivity contribution in [1.29, 1.82) is 0 Å². The van der Waals surface area contributed by atoms with Gasteiger partial charge in [0.25, 0.3) is 0 Å². The fraction of sp³-hybridized carbons (Fsp3) is 0. The number of hydrogen-bond donors (Lipinski definition) is 1. The maximum Gasteiger partial charge on any atom is 0.161 e. The van der Waals surface area contributed by atoms with Crippen LogP contribution < -0.4 is 5.32 Å². The standard InChI is InChI=1S/C14H7Cl3FN3/c15-10-5-7(6-11(16)12(10)18)19-14-9-4-2-1-3-8(9)13(17)20-21-14/h1-6H,(H,19,21). The molecular formula is C14H7Cl3FN3. The molecule has 3 aromatic rings. The number of nitrogens with zero attached hydrogens (tertiary/aromatic N) is 2. The number of anilines is 2. The van der Waals surface area contributed by atoms with Gasteiger partial charge in [0.1, 0.15) is 0 Å². The zero-order chi connectivity index (χ0) is 15.0. The molecule has 21 heavy (non-hydrogen) atoms. The second-order valence-electron chi connectivity index (χ2n) is 4.26. The summed E-state index contributed by atoms with van der Waals surface area (Å²) in [6, 6.07) is 10.2. The Hall–Kier alpha value is -1.62. The van der Waals surface area contributed by atoms with Crippen LogP contribution in [0.3, 0.4) is 0 Å². The molecule has 0 bridgehead atoms. The van der Waals surface area contributed by atoms with Crippen LogP contribution in [0, 0.1) is 5.82 Å². The minimum Gasteiger partial charge on any atom is -0.338 e. The number of benzene rings is 2. The molecule has 7 heteroatoms. The van der Waals surface area contributed by atoms with Crippen molar-refractivity contribution in [2.45, 2.75) is 0 Å². The molecule has 1 N–H and O–H groups in total. The largest absolute Gasteiger partial charge is 0.338 e. The molecule has 1 heterocycles. The van der Waals surface area contributed by atoms with Crippen molar-refractivity contribution in [2.24, 2.45) is 0 Å². The number of rotatable bonds is 2. The van der Waals surface area contributed by atoms with Crippen molar-refractivity contribution in [1.82, 2.24) is 10.2 Å². The lowest BCUT2D eigenvalue weighted by Gasteiger charge is -2.10. The number of halogens is 4. The Labute approximate surface area is 134 Å². The molecule has 0 atom stereocenters. The Morgan fingerprint density at radius 1 is 0.905 bits per heavy atom. The number of fused-ring (bicyclic) bond motifs is 1. The summed E-state index contributed by atoms with van der Waals surface area (Å²) in [6.45, 7) is 0. The van der Waals surface area contributed by atoms with E-state index in [1.54, 1.807) is 0 Å². The monoisotopic (exact) mass is 341 g/mol. The van der Waals surface area contributed by atoms with Crippen molar-refractivity contribution in [3.05, 3.63) is 57.4 Å². The molecule has 3 nitrogen and oxygen atoms in total. The highest BCUT2D eigenvalue weighted by atomic mass is 35.5. The topological polar surface area (TPSA) is 37.8 Å². The van der Waals surface area contributed by atoms with Gasteiger partial charge in [-0.2, -0.15) is 0 Å². The van der Waals surface area contributed by atoms with Gasteiger partial charge in [-0.15, -0.1) is 10.2 Å². The molecule has 3 rings (SSSR count). The fourth-order valence-corrected chi connectivity index (χ4v) is 2.62. The molecule has 0 saturated heterocycles. The molecular weight excluding hydrogens is 336 g/mol. The van der Waals surface area contributed by atoms with E-state index in [9.17, 15) is 4.39 Å². The van der Waals surface area contributed by atoms with Gasteiger partial charge in [0.15, 0.2) is 16.8 Å². The van der Waals surface area contributed by atoms with Crippen LogP contribution in [-0.4, -0.2) is 10.2 Å². The van der Waals surface area contributed by atoms with Crippen LogP contribution in [0.15, 0.2) is 36.4 Å². The van der Waals surface area contributed by atoms with Crippen molar-refractivity contribution in [2.75, 3.05) is 5.32 Å². The summed E-state index contributed by atoms with van der Waals surface area (Å²) in [7, 11) is 0. The van der Waals surface area contributed by atoms with Crippen molar-refractivity contribution in [3.63, 3.8) is 0 Å². The van der Waals surface area contributed by atoms with Crippen molar-refractivity contribution in [3.8, 4) is 0 Å². The zero-order valence-corrected chi connectivity index (χ0v) is 12.6. The Kier molecular flexibility index (Phi) is 3.85. The van der Waals surface area contributed by atoms with Gasteiger partial charge in [-0.05, 0) is 12.1 Å². The quantitative estimate of drug-likeness (QED) is 0.627.